The molecule has 2 aromatic heterocycles. The number of pyridine rings is 2. The third kappa shape index (κ3) is 3.15. The smallest absolute Gasteiger partial charge is 0.138 e. The summed E-state index contributed by atoms with van der Waals surface area (Å²) in [6.45, 7) is 1.90. The molecule has 0 aliphatic heterocycles. The van der Waals surface area contributed by atoms with E-state index in [2.05, 4.69) is 33.5 Å². The lowest BCUT2D eigenvalue weighted by molar-refractivity contribution is 0.471. The van der Waals surface area contributed by atoms with E-state index in [1.54, 1.807) is 6.20 Å². The molecule has 0 radical (unpaired) electrons. The molecule has 0 saturated carbocycles. The number of nitrogens with zero attached hydrogens (tertiary/aromatic N) is 2. The number of hydrogen-bond donors (Lipinski definition) is 2. The van der Waals surface area contributed by atoms with Gasteiger partial charge in [0, 0.05) is 28.9 Å². The Morgan fingerprint density at radius 1 is 0.793 bits per heavy atom. The maximum Gasteiger partial charge on any atom is 0.138 e. The average molecular weight is 377 g/mol. The Bertz CT molecular complexity index is 1360. The maximum atomic E-state index is 10.1. The predicted molar refractivity (Wildman–Crippen MR) is 119 cm³/mol. The minimum absolute atomic E-state index is 0.302. The number of aromatic hydroxyl groups is 1. The highest BCUT2D eigenvalue weighted by atomic mass is 16.3. The molecule has 4 heteroatoms. The summed E-state index contributed by atoms with van der Waals surface area (Å²) in [5.74, 6) is 1.10. The standard InChI is InChI=1S/C25H19N3O/c1-16-7-8-17(15-24(16)29)20-5-2-6-22-21(20)11-13-27-25(22)28-19-9-10-23-18(14-19)4-3-12-26-23/h2-15,29H,1H3,(H,27,28). The fourth-order valence-electron chi connectivity index (χ4n) is 3.63. The van der Waals surface area contributed by atoms with Gasteiger partial charge in [0.2, 0.25) is 0 Å². The van der Waals surface area contributed by atoms with Gasteiger partial charge in [-0.3, -0.25) is 4.98 Å². The molecule has 4 nitrogen and oxygen atoms in total. The lowest BCUT2D eigenvalue weighted by Gasteiger charge is -2.13. The number of aryl methyl sites for hydroxylation is 1. The summed E-state index contributed by atoms with van der Waals surface area (Å²) < 4.78 is 0. The van der Waals surface area contributed by atoms with Crippen LogP contribution in [0, 0.1) is 6.92 Å². The summed E-state index contributed by atoms with van der Waals surface area (Å²) in [7, 11) is 0. The van der Waals surface area contributed by atoms with Crippen LogP contribution in [0.5, 0.6) is 5.75 Å². The normalized spacial score (nSPS) is 11.1. The molecule has 140 valence electrons. The van der Waals surface area contributed by atoms with Crippen molar-refractivity contribution in [3.63, 3.8) is 0 Å². The molecule has 0 saturated heterocycles. The first-order valence-corrected chi connectivity index (χ1v) is 9.48. The molecule has 0 unspecified atom stereocenters. The Hall–Kier alpha value is -3.92. The Balaban J connectivity index is 1.60. The van der Waals surface area contributed by atoms with Crippen LogP contribution in [0.1, 0.15) is 5.56 Å². The summed E-state index contributed by atoms with van der Waals surface area (Å²) in [6, 6.07) is 24.0. The number of hydrogen-bond acceptors (Lipinski definition) is 4. The molecule has 3 aromatic carbocycles. The maximum absolute atomic E-state index is 10.1. The van der Waals surface area contributed by atoms with E-state index >= 15 is 0 Å². The lowest BCUT2D eigenvalue weighted by Crippen LogP contribution is -1.95. The van der Waals surface area contributed by atoms with Crippen molar-refractivity contribution in [2.75, 3.05) is 5.32 Å². The molecule has 0 spiro atoms. The quantitative estimate of drug-likeness (QED) is 0.392. The van der Waals surface area contributed by atoms with Gasteiger partial charge in [0.05, 0.1) is 5.52 Å². The van der Waals surface area contributed by atoms with Crippen molar-refractivity contribution >= 4 is 33.2 Å². The minimum atomic E-state index is 0.302. The first kappa shape index (κ1) is 17.2. The minimum Gasteiger partial charge on any atom is -0.508 e. The van der Waals surface area contributed by atoms with Crippen molar-refractivity contribution in [2.24, 2.45) is 0 Å². The van der Waals surface area contributed by atoms with E-state index in [-0.39, 0.29) is 0 Å². The topological polar surface area (TPSA) is 58.0 Å². The van der Waals surface area contributed by atoms with E-state index in [4.69, 9.17) is 0 Å². The number of rotatable bonds is 3. The summed E-state index contributed by atoms with van der Waals surface area (Å²) in [4.78, 5) is 8.95. The van der Waals surface area contributed by atoms with Gasteiger partial charge in [-0.1, -0.05) is 36.4 Å². The van der Waals surface area contributed by atoms with E-state index in [1.807, 2.05) is 67.7 Å². The fraction of sp³-hybridized carbons (Fsp3) is 0.0400. The second-order valence-electron chi connectivity index (χ2n) is 7.10. The second-order valence-corrected chi connectivity index (χ2v) is 7.10. The van der Waals surface area contributed by atoms with Crippen LogP contribution in [0.15, 0.2) is 85.2 Å². The summed E-state index contributed by atoms with van der Waals surface area (Å²) in [5.41, 5.74) is 4.83. The van der Waals surface area contributed by atoms with E-state index in [9.17, 15) is 5.11 Å². The van der Waals surface area contributed by atoms with Crippen LogP contribution in [-0.4, -0.2) is 15.1 Å². The van der Waals surface area contributed by atoms with Crippen LogP contribution in [0.2, 0.25) is 0 Å². The van der Waals surface area contributed by atoms with Crippen LogP contribution >= 0.6 is 0 Å². The van der Waals surface area contributed by atoms with Crippen LogP contribution in [0.4, 0.5) is 11.5 Å². The molecule has 0 bridgehead atoms. The van der Waals surface area contributed by atoms with Gasteiger partial charge in [-0.2, -0.15) is 0 Å². The molecule has 29 heavy (non-hydrogen) atoms. The van der Waals surface area contributed by atoms with Crippen LogP contribution < -0.4 is 5.32 Å². The number of phenols is 1. The lowest BCUT2D eigenvalue weighted by atomic mass is 9.98. The Morgan fingerprint density at radius 2 is 1.72 bits per heavy atom. The van der Waals surface area contributed by atoms with Gasteiger partial charge in [-0.15, -0.1) is 0 Å². The third-order valence-electron chi connectivity index (χ3n) is 5.19. The average Bonchev–Trinajstić information content (AvgIpc) is 2.75. The van der Waals surface area contributed by atoms with Gasteiger partial charge in [-0.05, 0) is 65.4 Å². The molecular weight excluding hydrogens is 358 g/mol. The molecule has 5 aromatic rings. The SMILES string of the molecule is Cc1ccc(-c2cccc3c(Nc4ccc5ncccc5c4)nccc23)cc1O. The highest BCUT2D eigenvalue weighted by Gasteiger charge is 2.10. The number of phenolic OH excluding ortho intramolecular Hbond substituents is 1. The number of nitrogens with one attached hydrogen (secondary N) is 1. The van der Waals surface area contributed by atoms with E-state index in [0.29, 0.717) is 5.75 Å². The first-order chi connectivity index (χ1) is 14.2. The molecule has 0 amide bonds. The van der Waals surface area contributed by atoms with Crippen molar-refractivity contribution < 1.29 is 5.11 Å². The Labute approximate surface area is 168 Å². The third-order valence-corrected chi connectivity index (χ3v) is 5.19. The number of benzene rings is 3. The molecule has 2 N–H and O–H groups in total. The van der Waals surface area contributed by atoms with Gasteiger partial charge in [0.15, 0.2) is 0 Å². The van der Waals surface area contributed by atoms with E-state index in [1.165, 1.54) is 0 Å². The number of anilines is 2. The number of aromatic nitrogens is 2. The van der Waals surface area contributed by atoms with Crippen molar-refractivity contribution in [1.29, 1.82) is 0 Å². The van der Waals surface area contributed by atoms with Crippen molar-refractivity contribution in [2.45, 2.75) is 6.92 Å². The Morgan fingerprint density at radius 3 is 2.62 bits per heavy atom. The van der Waals surface area contributed by atoms with Gasteiger partial charge < -0.3 is 10.4 Å². The van der Waals surface area contributed by atoms with Gasteiger partial charge in [0.25, 0.3) is 0 Å². The zero-order chi connectivity index (χ0) is 19.8. The van der Waals surface area contributed by atoms with E-state index in [0.717, 1.165) is 49.9 Å². The molecule has 0 aliphatic rings. The Kier molecular flexibility index (Phi) is 4.10. The summed E-state index contributed by atoms with van der Waals surface area (Å²) in [6.07, 6.45) is 3.61. The molecular formula is C25H19N3O. The van der Waals surface area contributed by atoms with Gasteiger partial charge in [-0.25, -0.2) is 4.98 Å². The molecule has 0 aliphatic carbocycles. The van der Waals surface area contributed by atoms with Crippen molar-refractivity contribution in [3.05, 3.63) is 90.8 Å². The first-order valence-electron chi connectivity index (χ1n) is 9.48. The van der Waals surface area contributed by atoms with Crippen LogP contribution in [0.3, 0.4) is 0 Å². The highest BCUT2D eigenvalue weighted by Crippen LogP contribution is 2.34. The number of fused-ring (bicyclic) bond motifs is 2. The summed E-state index contributed by atoms with van der Waals surface area (Å²) >= 11 is 0. The van der Waals surface area contributed by atoms with Gasteiger partial charge >= 0.3 is 0 Å². The highest BCUT2D eigenvalue weighted by molar-refractivity contribution is 6.02. The molecule has 5 rings (SSSR count). The fourth-order valence-corrected chi connectivity index (χ4v) is 3.63. The molecule has 0 atom stereocenters. The van der Waals surface area contributed by atoms with Crippen LogP contribution in [-0.2, 0) is 0 Å². The second kappa shape index (κ2) is 6.91. The summed E-state index contributed by atoms with van der Waals surface area (Å²) in [5, 5.41) is 16.8. The largest absolute Gasteiger partial charge is 0.508 e. The predicted octanol–water partition coefficient (Wildman–Crippen LogP) is 6.21. The molecule has 2 heterocycles. The van der Waals surface area contributed by atoms with Crippen LogP contribution in [0.25, 0.3) is 32.8 Å². The van der Waals surface area contributed by atoms with Gasteiger partial charge in [0.1, 0.15) is 11.6 Å². The van der Waals surface area contributed by atoms with E-state index < -0.39 is 0 Å². The van der Waals surface area contributed by atoms with Crippen molar-refractivity contribution in [3.8, 4) is 16.9 Å². The zero-order valence-corrected chi connectivity index (χ0v) is 15.9. The zero-order valence-electron chi connectivity index (χ0n) is 15.9. The molecule has 0 fully saturated rings. The van der Waals surface area contributed by atoms with Crippen molar-refractivity contribution in [1.82, 2.24) is 9.97 Å². The monoisotopic (exact) mass is 377 g/mol.